The minimum Gasteiger partial charge on any atom is -0.355 e. The second-order valence-electron chi connectivity index (χ2n) is 5.35. The molecule has 3 rings (SSSR count). The van der Waals surface area contributed by atoms with E-state index in [2.05, 4.69) is 15.8 Å². The predicted molar refractivity (Wildman–Crippen MR) is 79.9 cm³/mol. The summed E-state index contributed by atoms with van der Waals surface area (Å²) in [6, 6.07) is 11.3. The van der Waals surface area contributed by atoms with Crippen LogP contribution >= 0.6 is 0 Å². The lowest BCUT2D eigenvalue weighted by Crippen LogP contribution is -2.36. The number of hydrogen-bond donors (Lipinski definition) is 2. The fourth-order valence-corrected chi connectivity index (χ4v) is 2.53. The highest BCUT2D eigenvalue weighted by molar-refractivity contribution is 5.93. The standard InChI is InChI=1S/C16H19N3O2/c20-16(18-11-12-6-8-17-9-7-12)14-10-15(21-19-14)13-4-2-1-3-5-13/h1-5,10,12,17H,6-9,11H2,(H,18,20). The van der Waals surface area contributed by atoms with Gasteiger partial charge in [-0.2, -0.15) is 0 Å². The molecule has 0 unspecified atom stereocenters. The summed E-state index contributed by atoms with van der Waals surface area (Å²) in [6.07, 6.45) is 2.21. The van der Waals surface area contributed by atoms with E-state index >= 15 is 0 Å². The predicted octanol–water partition coefficient (Wildman–Crippen LogP) is 2.07. The van der Waals surface area contributed by atoms with E-state index in [1.807, 2.05) is 30.3 Å². The van der Waals surface area contributed by atoms with Crippen LogP contribution in [-0.4, -0.2) is 30.7 Å². The molecule has 0 aliphatic carbocycles. The van der Waals surface area contributed by atoms with Gasteiger partial charge in [0, 0.05) is 18.2 Å². The van der Waals surface area contributed by atoms with Crippen LogP contribution < -0.4 is 10.6 Å². The van der Waals surface area contributed by atoms with E-state index in [9.17, 15) is 4.79 Å². The van der Waals surface area contributed by atoms with Crippen LogP contribution in [0.4, 0.5) is 0 Å². The van der Waals surface area contributed by atoms with Gasteiger partial charge in [0.1, 0.15) is 0 Å². The van der Waals surface area contributed by atoms with Crippen molar-refractivity contribution in [3.05, 3.63) is 42.1 Å². The summed E-state index contributed by atoms with van der Waals surface area (Å²) < 4.78 is 5.24. The maximum atomic E-state index is 12.1. The molecule has 0 saturated carbocycles. The molecule has 0 radical (unpaired) electrons. The van der Waals surface area contributed by atoms with E-state index in [0.29, 0.717) is 23.9 Å². The lowest BCUT2D eigenvalue weighted by molar-refractivity contribution is 0.0935. The van der Waals surface area contributed by atoms with Gasteiger partial charge in [0.25, 0.3) is 5.91 Å². The topological polar surface area (TPSA) is 67.2 Å². The van der Waals surface area contributed by atoms with E-state index in [1.165, 1.54) is 0 Å². The SMILES string of the molecule is O=C(NCC1CCNCC1)c1cc(-c2ccccc2)on1. The van der Waals surface area contributed by atoms with E-state index in [0.717, 1.165) is 31.5 Å². The van der Waals surface area contributed by atoms with E-state index in [1.54, 1.807) is 6.07 Å². The van der Waals surface area contributed by atoms with Gasteiger partial charge in [0.15, 0.2) is 11.5 Å². The van der Waals surface area contributed by atoms with Crippen molar-refractivity contribution < 1.29 is 9.32 Å². The monoisotopic (exact) mass is 285 g/mol. The highest BCUT2D eigenvalue weighted by Gasteiger charge is 2.17. The smallest absolute Gasteiger partial charge is 0.273 e. The molecule has 2 N–H and O–H groups in total. The molecule has 5 nitrogen and oxygen atoms in total. The van der Waals surface area contributed by atoms with Crippen molar-refractivity contribution in [2.24, 2.45) is 5.92 Å². The molecule has 2 heterocycles. The third kappa shape index (κ3) is 3.49. The first-order valence-corrected chi connectivity index (χ1v) is 7.34. The van der Waals surface area contributed by atoms with Gasteiger partial charge in [0.2, 0.25) is 0 Å². The van der Waals surface area contributed by atoms with Crippen molar-refractivity contribution in [1.29, 1.82) is 0 Å². The Morgan fingerprint density at radius 2 is 2.05 bits per heavy atom. The van der Waals surface area contributed by atoms with Gasteiger partial charge < -0.3 is 15.2 Å². The summed E-state index contributed by atoms with van der Waals surface area (Å²) >= 11 is 0. The fourth-order valence-electron chi connectivity index (χ4n) is 2.53. The van der Waals surface area contributed by atoms with Crippen LogP contribution in [0.15, 0.2) is 40.9 Å². The minimum absolute atomic E-state index is 0.167. The molecule has 1 saturated heterocycles. The number of nitrogens with one attached hydrogen (secondary N) is 2. The molecule has 0 bridgehead atoms. The molecule has 110 valence electrons. The molecule has 1 fully saturated rings. The van der Waals surface area contributed by atoms with Crippen molar-refractivity contribution in [3.8, 4) is 11.3 Å². The Morgan fingerprint density at radius 1 is 1.29 bits per heavy atom. The Hall–Kier alpha value is -2.14. The van der Waals surface area contributed by atoms with E-state index in [-0.39, 0.29) is 5.91 Å². The highest BCUT2D eigenvalue weighted by Crippen LogP contribution is 2.19. The fraction of sp³-hybridized carbons (Fsp3) is 0.375. The van der Waals surface area contributed by atoms with E-state index < -0.39 is 0 Å². The van der Waals surface area contributed by atoms with Gasteiger partial charge in [-0.25, -0.2) is 0 Å². The van der Waals surface area contributed by atoms with Gasteiger partial charge in [-0.1, -0.05) is 35.5 Å². The van der Waals surface area contributed by atoms with Gasteiger partial charge in [-0.15, -0.1) is 0 Å². The number of carbonyl (C=O) groups is 1. The number of benzene rings is 1. The normalized spacial score (nSPS) is 15.8. The molecule has 1 aromatic heterocycles. The largest absolute Gasteiger partial charge is 0.355 e. The number of rotatable bonds is 4. The number of carbonyl (C=O) groups excluding carboxylic acids is 1. The number of nitrogens with zero attached hydrogens (tertiary/aromatic N) is 1. The molecule has 2 aromatic rings. The molecule has 5 heteroatoms. The van der Waals surface area contributed by atoms with Crippen LogP contribution in [0, 0.1) is 5.92 Å². The second kappa shape index (κ2) is 6.54. The number of amides is 1. The summed E-state index contributed by atoms with van der Waals surface area (Å²) in [5.74, 6) is 0.998. The molecular weight excluding hydrogens is 266 g/mol. The average molecular weight is 285 g/mol. The molecular formula is C16H19N3O2. The molecule has 0 atom stereocenters. The zero-order valence-corrected chi connectivity index (χ0v) is 11.8. The molecule has 0 spiro atoms. The maximum Gasteiger partial charge on any atom is 0.273 e. The second-order valence-corrected chi connectivity index (χ2v) is 5.35. The molecule has 1 amide bonds. The van der Waals surface area contributed by atoms with Crippen LogP contribution in [0.1, 0.15) is 23.3 Å². The minimum atomic E-state index is -0.167. The zero-order valence-electron chi connectivity index (χ0n) is 11.8. The van der Waals surface area contributed by atoms with Crippen LogP contribution in [0.5, 0.6) is 0 Å². The van der Waals surface area contributed by atoms with Crippen LogP contribution in [-0.2, 0) is 0 Å². The van der Waals surface area contributed by atoms with Crippen molar-refractivity contribution in [1.82, 2.24) is 15.8 Å². The Bertz CT molecular complexity index is 589. The summed E-state index contributed by atoms with van der Waals surface area (Å²) in [4.78, 5) is 12.1. The zero-order chi connectivity index (χ0) is 14.5. The summed E-state index contributed by atoms with van der Waals surface area (Å²) in [5, 5.41) is 10.1. The Kier molecular flexibility index (Phi) is 4.31. The van der Waals surface area contributed by atoms with Gasteiger partial charge in [0.05, 0.1) is 0 Å². The van der Waals surface area contributed by atoms with Crippen LogP contribution in [0.25, 0.3) is 11.3 Å². The van der Waals surface area contributed by atoms with Gasteiger partial charge in [-0.05, 0) is 31.8 Å². The van der Waals surface area contributed by atoms with Gasteiger partial charge in [-0.3, -0.25) is 4.79 Å². The number of hydrogen-bond acceptors (Lipinski definition) is 4. The summed E-state index contributed by atoms with van der Waals surface area (Å²) in [7, 11) is 0. The number of aromatic nitrogens is 1. The first-order chi connectivity index (χ1) is 10.3. The molecule has 21 heavy (non-hydrogen) atoms. The highest BCUT2D eigenvalue weighted by atomic mass is 16.5. The third-order valence-electron chi connectivity index (χ3n) is 3.81. The quantitative estimate of drug-likeness (QED) is 0.902. The molecule has 1 aromatic carbocycles. The van der Waals surface area contributed by atoms with Crippen molar-refractivity contribution in [3.63, 3.8) is 0 Å². The third-order valence-corrected chi connectivity index (χ3v) is 3.81. The Morgan fingerprint density at radius 3 is 2.81 bits per heavy atom. The lowest BCUT2D eigenvalue weighted by Gasteiger charge is -2.22. The maximum absolute atomic E-state index is 12.1. The molecule has 1 aliphatic heterocycles. The Balaban J connectivity index is 1.59. The Labute approximate surface area is 123 Å². The van der Waals surface area contributed by atoms with E-state index in [4.69, 9.17) is 4.52 Å². The lowest BCUT2D eigenvalue weighted by atomic mass is 9.98. The van der Waals surface area contributed by atoms with Crippen LogP contribution in [0.3, 0.4) is 0 Å². The number of piperidine rings is 1. The summed E-state index contributed by atoms with van der Waals surface area (Å²) in [6.45, 7) is 2.76. The van der Waals surface area contributed by atoms with Crippen molar-refractivity contribution in [2.75, 3.05) is 19.6 Å². The molecule has 1 aliphatic rings. The summed E-state index contributed by atoms with van der Waals surface area (Å²) in [5.41, 5.74) is 1.25. The first-order valence-electron chi connectivity index (χ1n) is 7.34. The average Bonchev–Trinajstić information content (AvgIpc) is 3.04. The van der Waals surface area contributed by atoms with Crippen LogP contribution in [0.2, 0.25) is 0 Å². The van der Waals surface area contributed by atoms with Crippen molar-refractivity contribution in [2.45, 2.75) is 12.8 Å². The van der Waals surface area contributed by atoms with Crippen molar-refractivity contribution >= 4 is 5.91 Å². The van der Waals surface area contributed by atoms with Gasteiger partial charge >= 0.3 is 0 Å². The first kappa shape index (κ1) is 13.8.